The lowest BCUT2D eigenvalue weighted by molar-refractivity contribution is -0.116. The molecule has 146 valence electrons. The number of aromatic nitrogens is 3. The van der Waals surface area contributed by atoms with Crippen molar-refractivity contribution in [2.75, 3.05) is 5.32 Å². The van der Waals surface area contributed by atoms with Gasteiger partial charge in [0.1, 0.15) is 12.2 Å². The molecule has 0 atom stereocenters. The molecule has 0 aliphatic heterocycles. The van der Waals surface area contributed by atoms with Crippen LogP contribution < -0.4 is 5.32 Å². The number of aryl methyl sites for hydroxylation is 2. The Morgan fingerprint density at radius 1 is 1.07 bits per heavy atom. The summed E-state index contributed by atoms with van der Waals surface area (Å²) in [6.07, 6.45) is 1.82. The number of nitrogens with one attached hydrogen (secondary N) is 1. The average Bonchev–Trinajstić information content (AvgIpc) is 3.35. The van der Waals surface area contributed by atoms with E-state index in [1.165, 1.54) is 0 Å². The second kappa shape index (κ2) is 8.05. The minimum absolute atomic E-state index is 0.118. The van der Waals surface area contributed by atoms with Crippen LogP contribution in [0.3, 0.4) is 0 Å². The highest BCUT2D eigenvalue weighted by Crippen LogP contribution is 2.24. The third-order valence-corrected chi connectivity index (χ3v) is 5.17. The van der Waals surface area contributed by atoms with Crippen molar-refractivity contribution in [2.24, 2.45) is 0 Å². The molecule has 1 amide bonds. The van der Waals surface area contributed by atoms with Crippen LogP contribution in [0.1, 0.15) is 11.1 Å². The first kappa shape index (κ1) is 19.1. The van der Waals surface area contributed by atoms with Gasteiger partial charge in [-0.15, -0.1) is 0 Å². The number of rotatable bonds is 5. The lowest BCUT2D eigenvalue weighted by atomic mass is 10.1. The van der Waals surface area contributed by atoms with Gasteiger partial charge in [-0.25, -0.2) is 0 Å². The third kappa shape index (κ3) is 4.14. The second-order valence-corrected chi connectivity index (χ2v) is 7.68. The van der Waals surface area contributed by atoms with Crippen molar-refractivity contribution in [3.63, 3.8) is 0 Å². The van der Waals surface area contributed by atoms with E-state index in [-0.39, 0.29) is 12.5 Å². The van der Waals surface area contributed by atoms with E-state index in [0.717, 1.165) is 26.9 Å². The smallest absolute Gasteiger partial charge is 0.274 e. The monoisotopic (exact) mass is 450 g/mol. The van der Waals surface area contributed by atoms with Crippen molar-refractivity contribution in [2.45, 2.75) is 20.4 Å². The van der Waals surface area contributed by atoms with Gasteiger partial charge in [-0.1, -0.05) is 39.3 Å². The van der Waals surface area contributed by atoms with E-state index >= 15 is 0 Å². The van der Waals surface area contributed by atoms with Gasteiger partial charge in [0.15, 0.2) is 0 Å². The lowest BCUT2D eigenvalue weighted by Gasteiger charge is -2.12. The molecule has 6 nitrogen and oxygen atoms in total. The first-order valence-electron chi connectivity index (χ1n) is 9.12. The predicted molar refractivity (Wildman–Crippen MR) is 115 cm³/mol. The Bertz CT molecular complexity index is 1140. The van der Waals surface area contributed by atoms with E-state index in [4.69, 9.17) is 4.52 Å². The molecular formula is C22H19BrN4O2. The summed E-state index contributed by atoms with van der Waals surface area (Å²) in [5, 5.41) is 7.07. The number of anilines is 1. The van der Waals surface area contributed by atoms with E-state index in [9.17, 15) is 4.79 Å². The van der Waals surface area contributed by atoms with Crippen molar-refractivity contribution in [1.29, 1.82) is 0 Å². The molecule has 29 heavy (non-hydrogen) atoms. The molecule has 2 heterocycles. The Morgan fingerprint density at radius 3 is 2.52 bits per heavy atom. The highest BCUT2D eigenvalue weighted by Gasteiger charge is 2.16. The summed E-state index contributed by atoms with van der Waals surface area (Å²) in [5.74, 6) is 0.750. The summed E-state index contributed by atoms with van der Waals surface area (Å²) in [7, 11) is 0. The number of carbonyl (C=O) groups excluding carboxylic acids is 1. The molecule has 0 bridgehead atoms. The zero-order valence-corrected chi connectivity index (χ0v) is 17.6. The Hall–Kier alpha value is -3.19. The molecule has 2 aromatic heterocycles. The summed E-state index contributed by atoms with van der Waals surface area (Å²) < 4.78 is 8.22. The maximum Gasteiger partial charge on any atom is 0.274 e. The number of hydrogen-bond donors (Lipinski definition) is 1. The summed E-state index contributed by atoms with van der Waals surface area (Å²) in [5.41, 5.74) is 4.46. The van der Waals surface area contributed by atoms with Crippen LogP contribution in [0.4, 0.5) is 5.69 Å². The Balaban J connectivity index is 1.53. The van der Waals surface area contributed by atoms with E-state index in [0.29, 0.717) is 17.4 Å². The zero-order chi connectivity index (χ0) is 20.4. The quantitative estimate of drug-likeness (QED) is 0.452. The summed E-state index contributed by atoms with van der Waals surface area (Å²) in [4.78, 5) is 17.1. The van der Waals surface area contributed by atoms with Crippen LogP contribution in [0.15, 0.2) is 69.8 Å². The van der Waals surface area contributed by atoms with Crippen molar-refractivity contribution in [3.05, 3.63) is 76.4 Å². The van der Waals surface area contributed by atoms with Crippen LogP contribution in [0, 0.1) is 13.8 Å². The Morgan fingerprint density at radius 2 is 1.79 bits per heavy atom. The van der Waals surface area contributed by atoms with Crippen molar-refractivity contribution in [3.8, 4) is 23.0 Å². The number of benzene rings is 2. The van der Waals surface area contributed by atoms with Crippen LogP contribution in [-0.2, 0) is 11.3 Å². The van der Waals surface area contributed by atoms with E-state index in [2.05, 4.69) is 31.4 Å². The van der Waals surface area contributed by atoms with Crippen LogP contribution in [0.2, 0.25) is 0 Å². The number of amides is 1. The second-order valence-electron chi connectivity index (χ2n) is 6.77. The molecule has 0 aliphatic rings. The van der Waals surface area contributed by atoms with Crippen molar-refractivity contribution < 1.29 is 9.32 Å². The number of halogens is 1. The fourth-order valence-electron chi connectivity index (χ4n) is 3.14. The average molecular weight is 451 g/mol. The van der Waals surface area contributed by atoms with Gasteiger partial charge in [0.05, 0.1) is 0 Å². The zero-order valence-electron chi connectivity index (χ0n) is 16.0. The summed E-state index contributed by atoms with van der Waals surface area (Å²) >= 11 is 3.41. The van der Waals surface area contributed by atoms with Crippen molar-refractivity contribution >= 4 is 27.5 Å². The normalized spacial score (nSPS) is 10.9. The van der Waals surface area contributed by atoms with Gasteiger partial charge in [-0.2, -0.15) is 4.98 Å². The highest BCUT2D eigenvalue weighted by atomic mass is 79.9. The van der Waals surface area contributed by atoms with E-state index < -0.39 is 0 Å². The van der Waals surface area contributed by atoms with Crippen LogP contribution in [-0.4, -0.2) is 20.6 Å². The van der Waals surface area contributed by atoms with Gasteiger partial charge in [-0.3, -0.25) is 4.79 Å². The first-order valence-corrected chi connectivity index (χ1v) is 9.92. The highest BCUT2D eigenvalue weighted by molar-refractivity contribution is 9.10. The molecule has 2 aromatic carbocycles. The van der Waals surface area contributed by atoms with Crippen LogP contribution in [0.5, 0.6) is 0 Å². The molecule has 0 spiro atoms. The maximum atomic E-state index is 12.6. The lowest BCUT2D eigenvalue weighted by Crippen LogP contribution is -2.20. The van der Waals surface area contributed by atoms with Crippen molar-refractivity contribution in [1.82, 2.24) is 14.7 Å². The number of para-hydroxylation sites is 1. The number of nitrogens with zero attached hydrogens (tertiary/aromatic N) is 3. The molecule has 0 fully saturated rings. The molecule has 7 heteroatoms. The maximum absolute atomic E-state index is 12.6. The summed E-state index contributed by atoms with van der Waals surface area (Å²) in [6.45, 7) is 4.10. The molecule has 0 radical (unpaired) electrons. The molecule has 4 rings (SSSR count). The molecule has 0 saturated carbocycles. The van der Waals surface area contributed by atoms with Gasteiger partial charge in [0.2, 0.25) is 11.7 Å². The van der Waals surface area contributed by atoms with E-state index in [1.807, 2.05) is 74.6 Å². The fraction of sp³-hybridized carbons (Fsp3) is 0.136. The fourth-order valence-corrected chi connectivity index (χ4v) is 3.40. The Labute approximate surface area is 176 Å². The molecule has 0 aliphatic carbocycles. The molecule has 0 unspecified atom stereocenters. The third-order valence-electron chi connectivity index (χ3n) is 4.64. The predicted octanol–water partition coefficient (Wildman–Crippen LogP) is 5.22. The topological polar surface area (TPSA) is 73.0 Å². The first-order chi connectivity index (χ1) is 14.0. The number of hydrogen-bond acceptors (Lipinski definition) is 4. The van der Waals surface area contributed by atoms with Gasteiger partial charge in [-0.05, 0) is 61.4 Å². The summed E-state index contributed by atoms with van der Waals surface area (Å²) in [6, 6.07) is 17.3. The van der Waals surface area contributed by atoms with Crippen LogP contribution >= 0.6 is 15.9 Å². The largest absolute Gasteiger partial charge is 0.334 e. The molecule has 1 N–H and O–H groups in total. The number of carbonyl (C=O) groups is 1. The minimum atomic E-state index is -0.118. The molecular weight excluding hydrogens is 432 g/mol. The Kier molecular flexibility index (Phi) is 5.31. The van der Waals surface area contributed by atoms with Gasteiger partial charge in [0, 0.05) is 21.9 Å². The minimum Gasteiger partial charge on any atom is -0.334 e. The molecule has 4 aromatic rings. The van der Waals surface area contributed by atoms with Gasteiger partial charge < -0.3 is 14.4 Å². The molecule has 0 saturated heterocycles. The van der Waals surface area contributed by atoms with Gasteiger partial charge >= 0.3 is 0 Å². The standard InChI is InChI=1S/C22H19BrN4O2/c1-14-5-3-6-15(2)20(14)24-19(28)13-27-12-4-7-18(27)22-25-21(26-29-22)16-8-10-17(23)11-9-16/h3-12H,13H2,1-2H3,(H,24,28). The SMILES string of the molecule is Cc1cccc(C)c1NC(=O)Cn1cccc1-c1nc(-c2ccc(Br)cc2)no1. The van der Waals surface area contributed by atoms with Gasteiger partial charge in [0.25, 0.3) is 5.89 Å². The van der Waals surface area contributed by atoms with E-state index in [1.54, 1.807) is 4.57 Å². The van der Waals surface area contributed by atoms with Crippen LogP contribution in [0.25, 0.3) is 23.0 Å².